The van der Waals surface area contributed by atoms with Crippen LogP contribution in [0.2, 0.25) is 0 Å². The van der Waals surface area contributed by atoms with Crippen molar-refractivity contribution in [3.8, 4) is 0 Å². The van der Waals surface area contributed by atoms with Gasteiger partial charge in [-0.05, 0) is 29.7 Å². The smallest absolute Gasteiger partial charge is 0.232 e. The molecule has 3 aromatic rings. The predicted octanol–water partition coefficient (Wildman–Crippen LogP) is 4.76. The first-order chi connectivity index (χ1) is 13.1. The highest BCUT2D eigenvalue weighted by Crippen LogP contribution is 2.29. The Morgan fingerprint density at radius 2 is 2.04 bits per heavy atom. The van der Waals surface area contributed by atoms with Crippen LogP contribution in [0.5, 0.6) is 0 Å². The van der Waals surface area contributed by atoms with E-state index in [1.165, 1.54) is 0 Å². The normalized spacial score (nSPS) is 17.5. The van der Waals surface area contributed by atoms with Crippen molar-refractivity contribution in [2.24, 2.45) is 10.9 Å². The second-order valence-electron chi connectivity index (χ2n) is 7.08. The molecule has 0 saturated heterocycles. The lowest BCUT2D eigenvalue weighted by Crippen LogP contribution is -2.25. The molecule has 2 aromatic carbocycles. The molecule has 1 aromatic heterocycles. The molecule has 6 heteroatoms. The number of thioether (sulfide) groups is 1. The van der Waals surface area contributed by atoms with Crippen LogP contribution in [0.3, 0.4) is 0 Å². The fourth-order valence-corrected chi connectivity index (χ4v) is 4.17. The third kappa shape index (κ3) is 3.76. The van der Waals surface area contributed by atoms with E-state index in [9.17, 15) is 4.79 Å². The van der Waals surface area contributed by atoms with Gasteiger partial charge in [0.1, 0.15) is 11.9 Å². The molecule has 0 fully saturated rings. The highest BCUT2D eigenvalue weighted by atomic mass is 32.2. The van der Waals surface area contributed by atoms with Crippen molar-refractivity contribution in [2.75, 3.05) is 11.1 Å². The zero-order valence-electron chi connectivity index (χ0n) is 15.3. The Morgan fingerprint density at radius 1 is 1.22 bits per heavy atom. The molecule has 1 aliphatic heterocycles. The Labute approximate surface area is 162 Å². The molecule has 4 rings (SSSR count). The Bertz CT molecular complexity index is 980. The number of carbonyl (C=O) groups excluding carboxylic acids is 1. The molecular weight excluding hydrogens is 356 g/mol. The van der Waals surface area contributed by atoms with E-state index in [0.29, 0.717) is 0 Å². The van der Waals surface area contributed by atoms with E-state index in [0.717, 1.165) is 33.9 Å². The van der Waals surface area contributed by atoms with Crippen LogP contribution >= 0.6 is 11.8 Å². The second kappa shape index (κ2) is 7.56. The van der Waals surface area contributed by atoms with Crippen LogP contribution in [-0.4, -0.2) is 27.2 Å². The molecule has 2 N–H and O–H groups in total. The summed E-state index contributed by atoms with van der Waals surface area (Å²) in [5, 5.41) is 3.07. The Balaban J connectivity index is 1.56. The van der Waals surface area contributed by atoms with E-state index in [1.807, 2.05) is 54.1 Å². The van der Waals surface area contributed by atoms with Crippen molar-refractivity contribution in [1.29, 1.82) is 0 Å². The van der Waals surface area contributed by atoms with Gasteiger partial charge in [-0.1, -0.05) is 44.2 Å². The van der Waals surface area contributed by atoms with Gasteiger partial charge in [0.05, 0.1) is 22.5 Å². The molecule has 1 amide bonds. The van der Waals surface area contributed by atoms with Crippen LogP contribution in [0.1, 0.15) is 37.2 Å². The number of carbonyl (C=O) groups is 1. The number of amides is 1. The van der Waals surface area contributed by atoms with E-state index in [-0.39, 0.29) is 23.8 Å². The Morgan fingerprint density at radius 3 is 2.74 bits per heavy atom. The van der Waals surface area contributed by atoms with Crippen LogP contribution in [0.15, 0.2) is 53.5 Å². The minimum atomic E-state index is -0.191. The molecular formula is C21H22N4OS. The third-order valence-corrected chi connectivity index (χ3v) is 5.54. The van der Waals surface area contributed by atoms with Gasteiger partial charge in [0, 0.05) is 11.4 Å². The molecule has 2 heterocycles. The first-order valence-electron chi connectivity index (χ1n) is 9.10. The summed E-state index contributed by atoms with van der Waals surface area (Å²) >= 11 is 1.69. The molecule has 0 aliphatic carbocycles. The van der Waals surface area contributed by atoms with Crippen molar-refractivity contribution in [3.05, 3.63) is 59.9 Å². The summed E-state index contributed by atoms with van der Waals surface area (Å²) in [5.41, 5.74) is 5.48. The maximum Gasteiger partial charge on any atom is 0.232 e. The van der Waals surface area contributed by atoms with Gasteiger partial charge in [-0.15, -0.1) is 11.8 Å². The number of aliphatic imine (C=N–C) groups is 1. The monoisotopic (exact) mass is 378 g/mol. The number of fused-ring (bicyclic) bond motifs is 1. The molecule has 2 unspecified atom stereocenters. The first-order valence-corrected chi connectivity index (χ1v) is 10.2. The van der Waals surface area contributed by atoms with Crippen molar-refractivity contribution in [2.45, 2.75) is 25.8 Å². The van der Waals surface area contributed by atoms with Crippen molar-refractivity contribution >= 4 is 39.9 Å². The van der Waals surface area contributed by atoms with Crippen molar-refractivity contribution in [3.63, 3.8) is 0 Å². The van der Waals surface area contributed by atoms with Crippen LogP contribution in [0, 0.1) is 5.92 Å². The largest absolute Gasteiger partial charge is 0.340 e. The number of aromatic nitrogens is 2. The lowest BCUT2D eigenvalue weighted by molar-refractivity contribution is -0.118. The zero-order valence-corrected chi connectivity index (χ0v) is 16.2. The number of hydrogen-bond donors (Lipinski definition) is 2. The van der Waals surface area contributed by atoms with Crippen molar-refractivity contribution < 1.29 is 4.79 Å². The molecule has 0 saturated carbocycles. The lowest BCUT2D eigenvalue weighted by Gasteiger charge is -2.20. The second-order valence-corrected chi connectivity index (χ2v) is 7.96. The first kappa shape index (κ1) is 17.8. The van der Waals surface area contributed by atoms with Crippen LogP contribution < -0.4 is 5.32 Å². The van der Waals surface area contributed by atoms with Gasteiger partial charge in [0.25, 0.3) is 0 Å². The standard InChI is InChI=1S/C21H22N4OS/c1-13(2)19(14-6-4-3-5-7-14)21(26)23-15-8-9-16-17(10-15)25-20(24-16)18-11-27-12-22-18/h3-10,12-13,18-19H,11H2,1-2H3,(H,23,26)(H,24,25). The summed E-state index contributed by atoms with van der Waals surface area (Å²) in [6.07, 6.45) is 0. The zero-order chi connectivity index (χ0) is 18.8. The molecule has 27 heavy (non-hydrogen) atoms. The summed E-state index contributed by atoms with van der Waals surface area (Å²) in [7, 11) is 0. The summed E-state index contributed by atoms with van der Waals surface area (Å²) in [6, 6.07) is 15.8. The average molecular weight is 379 g/mol. The lowest BCUT2D eigenvalue weighted by atomic mass is 9.87. The van der Waals surface area contributed by atoms with Gasteiger partial charge in [0.15, 0.2) is 0 Å². The van der Waals surface area contributed by atoms with Gasteiger partial charge < -0.3 is 10.3 Å². The average Bonchev–Trinajstić information content (AvgIpc) is 3.31. The van der Waals surface area contributed by atoms with Crippen molar-refractivity contribution in [1.82, 2.24) is 9.97 Å². The summed E-state index contributed by atoms with van der Waals surface area (Å²) in [6.45, 7) is 4.14. The predicted molar refractivity (Wildman–Crippen MR) is 112 cm³/mol. The molecule has 138 valence electrons. The molecule has 0 radical (unpaired) electrons. The minimum Gasteiger partial charge on any atom is -0.340 e. The molecule has 5 nitrogen and oxygen atoms in total. The number of hydrogen-bond acceptors (Lipinski definition) is 4. The third-order valence-electron chi connectivity index (χ3n) is 4.76. The van der Waals surface area contributed by atoms with Crippen LogP contribution in [0.25, 0.3) is 11.0 Å². The topological polar surface area (TPSA) is 70.1 Å². The van der Waals surface area contributed by atoms with E-state index < -0.39 is 0 Å². The van der Waals surface area contributed by atoms with E-state index in [1.54, 1.807) is 11.8 Å². The van der Waals surface area contributed by atoms with Crippen LogP contribution in [-0.2, 0) is 4.79 Å². The van der Waals surface area contributed by atoms with Gasteiger partial charge in [-0.2, -0.15) is 0 Å². The molecule has 2 atom stereocenters. The number of nitrogens with one attached hydrogen (secondary N) is 2. The number of nitrogens with zero attached hydrogens (tertiary/aromatic N) is 2. The highest BCUT2D eigenvalue weighted by molar-refractivity contribution is 8.12. The molecule has 0 spiro atoms. The maximum atomic E-state index is 12.9. The number of H-pyrrole nitrogens is 1. The maximum absolute atomic E-state index is 12.9. The number of rotatable bonds is 5. The minimum absolute atomic E-state index is 0.00656. The van der Waals surface area contributed by atoms with Gasteiger partial charge in [-0.25, -0.2) is 4.98 Å². The summed E-state index contributed by atoms with van der Waals surface area (Å²) in [5.74, 6) is 1.80. The van der Waals surface area contributed by atoms with Gasteiger partial charge in [0.2, 0.25) is 5.91 Å². The van der Waals surface area contributed by atoms with Crippen LogP contribution in [0.4, 0.5) is 5.69 Å². The molecule has 1 aliphatic rings. The summed E-state index contributed by atoms with van der Waals surface area (Å²) in [4.78, 5) is 25.3. The van der Waals surface area contributed by atoms with E-state index in [2.05, 4.69) is 34.1 Å². The van der Waals surface area contributed by atoms with E-state index >= 15 is 0 Å². The number of anilines is 1. The quantitative estimate of drug-likeness (QED) is 0.673. The Hall–Kier alpha value is -2.60. The van der Waals surface area contributed by atoms with Gasteiger partial charge in [-0.3, -0.25) is 9.79 Å². The number of imidazole rings is 1. The number of aromatic amines is 1. The van der Waals surface area contributed by atoms with Gasteiger partial charge >= 0.3 is 0 Å². The highest BCUT2D eigenvalue weighted by Gasteiger charge is 2.24. The summed E-state index contributed by atoms with van der Waals surface area (Å²) < 4.78 is 0. The Kier molecular flexibility index (Phi) is 4.99. The SMILES string of the molecule is CC(C)C(C(=O)Nc1ccc2nc(C3CSC=N3)[nH]c2c1)c1ccccc1. The fourth-order valence-electron chi connectivity index (χ4n) is 3.43. The molecule has 0 bridgehead atoms. The fraction of sp³-hybridized carbons (Fsp3) is 0.286. The van der Waals surface area contributed by atoms with E-state index in [4.69, 9.17) is 0 Å². The number of benzene rings is 2.